The second-order valence-corrected chi connectivity index (χ2v) is 6.29. The zero-order valence-electron chi connectivity index (χ0n) is 13.0. The molecule has 1 atom stereocenters. The van der Waals surface area contributed by atoms with Gasteiger partial charge in [0.05, 0.1) is 16.7 Å². The molecule has 2 N–H and O–H groups in total. The fourth-order valence-corrected chi connectivity index (χ4v) is 3.04. The summed E-state index contributed by atoms with van der Waals surface area (Å²) in [5.74, 6) is -0.799. The number of pyridine rings is 1. The Morgan fingerprint density at radius 1 is 1.35 bits per heavy atom. The summed E-state index contributed by atoms with van der Waals surface area (Å²) in [6.07, 6.45) is 2.04. The molecule has 1 saturated carbocycles. The predicted molar refractivity (Wildman–Crippen MR) is 78.8 cm³/mol. The summed E-state index contributed by atoms with van der Waals surface area (Å²) in [4.78, 5) is 15.5. The Labute approximate surface area is 133 Å². The minimum Gasteiger partial charge on any atom is -0.388 e. The van der Waals surface area contributed by atoms with Gasteiger partial charge in [0.2, 0.25) is 0 Å². The minimum atomic E-state index is -4.65. The van der Waals surface area contributed by atoms with E-state index in [-0.39, 0.29) is 12.5 Å². The maximum Gasteiger partial charge on any atom is 0.418 e. The Kier molecular flexibility index (Phi) is 5.29. The maximum atomic E-state index is 12.9. The summed E-state index contributed by atoms with van der Waals surface area (Å²) in [7, 11) is 0. The molecule has 7 heteroatoms. The largest absolute Gasteiger partial charge is 0.418 e. The van der Waals surface area contributed by atoms with Gasteiger partial charge < -0.3 is 10.4 Å². The van der Waals surface area contributed by atoms with Crippen molar-refractivity contribution >= 4 is 5.91 Å². The molecular weight excluding hydrogens is 309 g/mol. The number of nitrogens with zero attached hydrogens (tertiary/aromatic N) is 1. The number of hydrogen-bond acceptors (Lipinski definition) is 3. The number of aliphatic hydroxyl groups is 1. The number of rotatable bonds is 4. The first-order valence-corrected chi connectivity index (χ1v) is 7.73. The van der Waals surface area contributed by atoms with Crippen molar-refractivity contribution in [2.24, 2.45) is 5.92 Å². The average molecular weight is 330 g/mol. The van der Waals surface area contributed by atoms with E-state index in [1.54, 1.807) is 6.92 Å². The van der Waals surface area contributed by atoms with E-state index < -0.39 is 28.8 Å². The Balaban J connectivity index is 2.05. The third kappa shape index (κ3) is 4.43. The normalized spacial score (nSPS) is 19.2. The smallest absolute Gasteiger partial charge is 0.388 e. The molecule has 0 aromatic carbocycles. The molecule has 1 aliphatic rings. The SMILES string of the molecule is CC(O)(CNC(=O)c1ccncc1C(F)(F)F)C1CCCCC1. The first kappa shape index (κ1) is 17.7. The van der Waals surface area contributed by atoms with Crippen LogP contribution in [-0.2, 0) is 6.18 Å². The van der Waals surface area contributed by atoms with Crippen molar-refractivity contribution in [3.63, 3.8) is 0 Å². The number of alkyl halides is 3. The number of nitrogens with one attached hydrogen (secondary N) is 1. The van der Waals surface area contributed by atoms with E-state index >= 15 is 0 Å². The van der Waals surface area contributed by atoms with Gasteiger partial charge in [-0.05, 0) is 31.7 Å². The summed E-state index contributed by atoms with van der Waals surface area (Å²) < 4.78 is 38.7. The highest BCUT2D eigenvalue weighted by molar-refractivity contribution is 5.95. The van der Waals surface area contributed by atoms with Gasteiger partial charge in [-0.2, -0.15) is 13.2 Å². The molecular formula is C16H21F3N2O2. The van der Waals surface area contributed by atoms with E-state index in [9.17, 15) is 23.1 Å². The lowest BCUT2D eigenvalue weighted by molar-refractivity contribution is -0.138. The standard InChI is InChI=1S/C16H21F3N2O2/c1-15(23,11-5-3-2-4-6-11)10-21-14(22)12-7-8-20-9-13(12)16(17,18)19/h7-9,11,23H,2-6,10H2,1H3,(H,21,22). The summed E-state index contributed by atoms with van der Waals surface area (Å²) in [6.45, 7) is 1.55. The van der Waals surface area contributed by atoms with Crippen LogP contribution < -0.4 is 5.32 Å². The van der Waals surface area contributed by atoms with Crippen LogP contribution in [0.15, 0.2) is 18.5 Å². The van der Waals surface area contributed by atoms with Crippen LogP contribution in [0.2, 0.25) is 0 Å². The molecule has 128 valence electrons. The van der Waals surface area contributed by atoms with Crippen LogP contribution in [0.25, 0.3) is 0 Å². The number of halogens is 3. The third-order valence-electron chi connectivity index (χ3n) is 4.46. The van der Waals surface area contributed by atoms with Crippen LogP contribution in [0, 0.1) is 5.92 Å². The highest BCUT2D eigenvalue weighted by Gasteiger charge is 2.37. The summed E-state index contributed by atoms with van der Waals surface area (Å²) >= 11 is 0. The summed E-state index contributed by atoms with van der Waals surface area (Å²) in [6, 6.07) is 1.04. The number of carbonyl (C=O) groups is 1. The van der Waals surface area contributed by atoms with E-state index in [0.717, 1.165) is 44.4 Å². The molecule has 4 nitrogen and oxygen atoms in total. The quantitative estimate of drug-likeness (QED) is 0.891. The van der Waals surface area contributed by atoms with Crippen molar-refractivity contribution in [3.05, 3.63) is 29.6 Å². The third-order valence-corrected chi connectivity index (χ3v) is 4.46. The molecule has 1 aromatic rings. The van der Waals surface area contributed by atoms with Gasteiger partial charge in [-0.1, -0.05) is 19.3 Å². The fourth-order valence-electron chi connectivity index (χ4n) is 3.04. The molecule has 2 rings (SSSR count). The van der Waals surface area contributed by atoms with Gasteiger partial charge in [0.15, 0.2) is 0 Å². The molecule has 0 radical (unpaired) electrons. The Morgan fingerprint density at radius 3 is 2.61 bits per heavy atom. The molecule has 23 heavy (non-hydrogen) atoms. The van der Waals surface area contributed by atoms with Crippen LogP contribution in [-0.4, -0.2) is 28.1 Å². The number of hydrogen-bond donors (Lipinski definition) is 2. The summed E-state index contributed by atoms with van der Waals surface area (Å²) in [5.41, 5.74) is -2.68. The van der Waals surface area contributed by atoms with Gasteiger partial charge in [0.25, 0.3) is 5.91 Å². The topological polar surface area (TPSA) is 62.2 Å². The van der Waals surface area contributed by atoms with E-state index in [2.05, 4.69) is 10.3 Å². The van der Waals surface area contributed by atoms with Gasteiger partial charge in [-0.25, -0.2) is 0 Å². The van der Waals surface area contributed by atoms with Crippen molar-refractivity contribution in [2.45, 2.75) is 50.8 Å². The predicted octanol–water partition coefficient (Wildman–Crippen LogP) is 3.16. The zero-order valence-corrected chi connectivity index (χ0v) is 13.0. The molecule has 1 fully saturated rings. The fraction of sp³-hybridized carbons (Fsp3) is 0.625. The molecule has 0 bridgehead atoms. The van der Waals surface area contributed by atoms with Gasteiger partial charge >= 0.3 is 6.18 Å². The molecule has 1 unspecified atom stereocenters. The first-order valence-electron chi connectivity index (χ1n) is 7.73. The molecule has 1 aromatic heterocycles. The van der Waals surface area contributed by atoms with Crippen molar-refractivity contribution in [1.82, 2.24) is 10.3 Å². The van der Waals surface area contributed by atoms with Crippen LogP contribution in [0.5, 0.6) is 0 Å². The van der Waals surface area contributed by atoms with Gasteiger partial charge in [0, 0.05) is 18.9 Å². The molecule has 1 heterocycles. The molecule has 0 spiro atoms. The highest BCUT2D eigenvalue weighted by atomic mass is 19.4. The Morgan fingerprint density at radius 2 is 2.00 bits per heavy atom. The van der Waals surface area contributed by atoms with Crippen LogP contribution in [0.3, 0.4) is 0 Å². The lowest BCUT2D eigenvalue weighted by atomic mass is 9.78. The Bertz CT molecular complexity index is 553. The van der Waals surface area contributed by atoms with Gasteiger partial charge in [-0.3, -0.25) is 9.78 Å². The van der Waals surface area contributed by atoms with E-state index in [0.29, 0.717) is 6.20 Å². The maximum absolute atomic E-state index is 12.9. The van der Waals surface area contributed by atoms with Crippen molar-refractivity contribution in [2.75, 3.05) is 6.54 Å². The monoisotopic (exact) mass is 330 g/mol. The van der Waals surface area contributed by atoms with Crippen molar-refractivity contribution < 1.29 is 23.1 Å². The lowest BCUT2D eigenvalue weighted by Crippen LogP contribution is -2.47. The molecule has 0 aliphatic heterocycles. The van der Waals surface area contributed by atoms with Gasteiger partial charge in [0.1, 0.15) is 0 Å². The second kappa shape index (κ2) is 6.86. The zero-order chi connectivity index (χ0) is 17.1. The number of amides is 1. The molecule has 0 saturated heterocycles. The van der Waals surface area contributed by atoms with E-state index in [1.165, 1.54) is 0 Å². The number of aromatic nitrogens is 1. The second-order valence-electron chi connectivity index (χ2n) is 6.29. The Hall–Kier alpha value is -1.63. The van der Waals surface area contributed by atoms with Crippen molar-refractivity contribution in [1.29, 1.82) is 0 Å². The average Bonchev–Trinajstić information content (AvgIpc) is 2.53. The van der Waals surface area contributed by atoms with E-state index in [4.69, 9.17) is 0 Å². The van der Waals surface area contributed by atoms with Crippen LogP contribution in [0.4, 0.5) is 13.2 Å². The molecule has 1 aliphatic carbocycles. The van der Waals surface area contributed by atoms with E-state index in [1.807, 2.05) is 0 Å². The molecule has 1 amide bonds. The van der Waals surface area contributed by atoms with Gasteiger partial charge in [-0.15, -0.1) is 0 Å². The lowest BCUT2D eigenvalue weighted by Gasteiger charge is -2.35. The van der Waals surface area contributed by atoms with Crippen LogP contribution in [0.1, 0.15) is 54.9 Å². The number of carbonyl (C=O) groups excluding carboxylic acids is 1. The van der Waals surface area contributed by atoms with Crippen molar-refractivity contribution in [3.8, 4) is 0 Å². The highest BCUT2D eigenvalue weighted by Crippen LogP contribution is 2.33. The van der Waals surface area contributed by atoms with Crippen LogP contribution >= 0.6 is 0 Å². The summed E-state index contributed by atoms with van der Waals surface area (Å²) in [5, 5.41) is 12.9. The first-order chi connectivity index (χ1) is 10.7. The minimum absolute atomic E-state index is 0.0519.